The molecule has 1 atom stereocenters. The van der Waals surface area contributed by atoms with Crippen LogP contribution in [0.25, 0.3) is 0 Å². The molecule has 0 N–H and O–H groups in total. The van der Waals surface area contributed by atoms with E-state index in [0.717, 1.165) is 11.8 Å². The fourth-order valence-electron chi connectivity index (χ4n) is 1.66. The third kappa shape index (κ3) is 4.33. The minimum atomic E-state index is -2.72. The quantitative estimate of drug-likeness (QED) is 0.241. The molecule has 0 saturated carbocycles. The minimum Gasteiger partial charge on any atom is -0.468 e. The van der Waals surface area contributed by atoms with Gasteiger partial charge in [0.25, 0.3) is 0 Å². The molecule has 7 nitrogen and oxygen atoms in total. The molecule has 1 heterocycles. The van der Waals surface area contributed by atoms with Crippen molar-refractivity contribution >= 4 is 17.5 Å². The Hall–Kier alpha value is -2.32. The van der Waals surface area contributed by atoms with Gasteiger partial charge < -0.3 is 9.47 Å². The van der Waals surface area contributed by atoms with E-state index in [4.69, 9.17) is 13.6 Å². The number of thioether (sulfide) groups is 1. The first-order chi connectivity index (χ1) is 12.4. The van der Waals surface area contributed by atoms with E-state index in [0.29, 0.717) is 5.75 Å². The SMILES string of the molecule is [2H]c1nc(SC)nc(C([2H])(N=O)C(=O)c2cccc(OCOC)c2)c1[2H]. The fraction of sp³-hybridized carbons (Fsp3) is 0.267. The van der Waals surface area contributed by atoms with Crippen molar-refractivity contribution < 1.29 is 18.4 Å². The van der Waals surface area contributed by atoms with E-state index in [1.54, 1.807) is 12.3 Å². The molecule has 8 heteroatoms. The first kappa shape index (κ1) is 13.1. The van der Waals surface area contributed by atoms with Crippen LogP contribution in [0.15, 0.2) is 46.8 Å². The zero-order chi connectivity index (χ0) is 19.3. The van der Waals surface area contributed by atoms with Crippen LogP contribution < -0.4 is 4.74 Å². The van der Waals surface area contributed by atoms with Crippen LogP contribution in [-0.2, 0) is 4.74 Å². The Labute approximate surface area is 141 Å². The molecule has 0 bridgehead atoms. The highest BCUT2D eigenvalue weighted by molar-refractivity contribution is 7.98. The summed E-state index contributed by atoms with van der Waals surface area (Å²) >= 11 is 1.05. The number of carbonyl (C=O) groups is 1. The summed E-state index contributed by atoms with van der Waals surface area (Å²) in [4.78, 5) is 31.9. The molecule has 0 fully saturated rings. The van der Waals surface area contributed by atoms with Crippen molar-refractivity contribution in [2.24, 2.45) is 5.18 Å². The highest BCUT2D eigenvalue weighted by Crippen LogP contribution is 2.24. The van der Waals surface area contributed by atoms with Gasteiger partial charge >= 0.3 is 0 Å². The van der Waals surface area contributed by atoms with Crippen LogP contribution >= 0.6 is 11.8 Å². The van der Waals surface area contributed by atoms with Gasteiger partial charge in [0, 0.05) is 18.8 Å². The lowest BCUT2D eigenvalue weighted by Gasteiger charge is -2.10. The number of benzene rings is 1. The topological polar surface area (TPSA) is 90.7 Å². The first-order valence-corrected chi connectivity index (χ1v) is 7.60. The molecule has 0 aliphatic rings. The van der Waals surface area contributed by atoms with Crippen molar-refractivity contribution in [3.63, 3.8) is 0 Å². The van der Waals surface area contributed by atoms with Crippen molar-refractivity contribution in [3.8, 4) is 5.75 Å². The maximum Gasteiger partial charge on any atom is 0.197 e. The highest BCUT2D eigenvalue weighted by Gasteiger charge is 2.25. The number of carbonyl (C=O) groups excluding carboxylic acids is 1. The number of hydrogen-bond acceptors (Lipinski definition) is 8. The van der Waals surface area contributed by atoms with Gasteiger partial charge in [0.05, 0.1) is 9.81 Å². The number of nitroso groups, excluding NO2 is 1. The van der Waals surface area contributed by atoms with Crippen LogP contribution in [-0.4, -0.2) is 35.9 Å². The first-order valence-electron chi connectivity index (χ1n) is 7.88. The maximum atomic E-state index is 12.8. The van der Waals surface area contributed by atoms with Gasteiger partial charge in [0.15, 0.2) is 23.8 Å². The van der Waals surface area contributed by atoms with E-state index in [9.17, 15) is 9.70 Å². The summed E-state index contributed by atoms with van der Waals surface area (Å²) in [7, 11) is 1.44. The van der Waals surface area contributed by atoms with E-state index in [1.165, 1.54) is 25.3 Å². The van der Waals surface area contributed by atoms with Gasteiger partial charge in [0.2, 0.25) is 0 Å². The Bertz CT molecular complexity index is 840. The summed E-state index contributed by atoms with van der Waals surface area (Å²) < 4.78 is 33.9. The second kappa shape index (κ2) is 8.35. The summed E-state index contributed by atoms with van der Waals surface area (Å²) in [5.74, 6) is -0.695. The molecule has 0 spiro atoms. The van der Waals surface area contributed by atoms with Crippen LogP contribution in [0.5, 0.6) is 5.75 Å². The second-order valence-corrected chi connectivity index (χ2v) is 4.92. The lowest BCUT2D eigenvalue weighted by atomic mass is 10.0. The number of Topliss-reactive ketones (excluding diaryl/α,β-unsaturated/α-hetero) is 1. The minimum absolute atomic E-state index is 0.0246. The van der Waals surface area contributed by atoms with Crippen molar-refractivity contribution in [1.82, 2.24) is 9.97 Å². The second-order valence-electron chi connectivity index (χ2n) is 4.14. The van der Waals surface area contributed by atoms with Gasteiger partial charge in [-0.3, -0.25) is 4.79 Å². The van der Waals surface area contributed by atoms with Crippen LogP contribution in [0.4, 0.5) is 0 Å². The number of ether oxygens (including phenoxy) is 2. The van der Waals surface area contributed by atoms with Gasteiger partial charge in [-0.25, -0.2) is 9.97 Å². The van der Waals surface area contributed by atoms with E-state index >= 15 is 0 Å². The number of rotatable bonds is 8. The Balaban J connectivity index is 2.51. The lowest BCUT2D eigenvalue weighted by molar-refractivity contribution is 0.0510. The molecule has 120 valence electrons. The van der Waals surface area contributed by atoms with E-state index in [1.807, 2.05) is 0 Å². The lowest BCUT2D eigenvalue weighted by Crippen LogP contribution is -2.13. The number of ketones is 1. The Morgan fingerprint density at radius 3 is 3.09 bits per heavy atom. The predicted octanol–water partition coefficient (Wildman–Crippen LogP) is 2.87. The van der Waals surface area contributed by atoms with Crippen LogP contribution in [0.1, 0.15) is 26.2 Å². The van der Waals surface area contributed by atoms with Gasteiger partial charge in [-0.2, -0.15) is 0 Å². The molecule has 1 aromatic carbocycles. The molecular weight excluding hydrogens is 318 g/mol. The molecule has 23 heavy (non-hydrogen) atoms. The molecule has 1 aromatic heterocycles. The summed E-state index contributed by atoms with van der Waals surface area (Å²) in [5, 5.41) is 2.70. The molecule has 2 rings (SSSR count). The molecule has 2 aromatic rings. The molecule has 0 saturated heterocycles. The third-order valence-corrected chi connectivity index (χ3v) is 3.23. The van der Waals surface area contributed by atoms with Gasteiger partial charge in [-0.05, 0) is 24.4 Å². The van der Waals surface area contributed by atoms with Crippen molar-refractivity contribution in [1.29, 1.82) is 0 Å². The Morgan fingerprint density at radius 2 is 2.39 bits per heavy atom. The standard InChI is InChI=1S/C15H15N3O4S/c1-21-9-22-11-5-3-4-10(8-11)14(19)13(18-20)12-6-7-16-15(17-12)23-2/h3-8,13H,9H2,1-2H3/i6D,7D,13D. The van der Waals surface area contributed by atoms with E-state index in [-0.39, 0.29) is 17.5 Å². The number of hydrogen-bond donors (Lipinski definition) is 0. The molecule has 1 unspecified atom stereocenters. The number of methoxy groups -OCH3 is 1. The molecule has 0 radical (unpaired) electrons. The summed E-state index contributed by atoms with van der Waals surface area (Å²) in [6.07, 6.45) is 1.13. The largest absolute Gasteiger partial charge is 0.468 e. The van der Waals surface area contributed by atoms with Crippen molar-refractivity contribution in [3.05, 3.63) is 52.6 Å². The Kier molecular flexibility index (Phi) is 4.77. The zero-order valence-electron chi connectivity index (χ0n) is 15.4. The smallest absolute Gasteiger partial charge is 0.197 e. The monoisotopic (exact) mass is 336 g/mol. The van der Waals surface area contributed by atoms with Gasteiger partial charge in [0.1, 0.15) is 5.75 Å². The molecule has 0 aliphatic carbocycles. The molecular formula is C15H15N3O4S. The maximum absolute atomic E-state index is 12.8. The average Bonchev–Trinajstić information content (AvgIpc) is 2.67. The number of nitrogens with zero attached hydrogens (tertiary/aromatic N) is 3. The van der Waals surface area contributed by atoms with Crippen LogP contribution in [0.2, 0.25) is 0 Å². The summed E-state index contributed by atoms with van der Waals surface area (Å²) in [6.45, 7) is -0.0440. The fourth-order valence-corrected chi connectivity index (χ4v) is 1.98. The summed E-state index contributed by atoms with van der Waals surface area (Å²) in [5.41, 5.74) is -0.562. The number of aromatic nitrogens is 2. The van der Waals surface area contributed by atoms with Crippen LogP contribution in [0.3, 0.4) is 0 Å². The van der Waals surface area contributed by atoms with Crippen molar-refractivity contribution in [2.45, 2.75) is 11.2 Å². The molecule has 0 amide bonds. The predicted molar refractivity (Wildman–Crippen MR) is 85.6 cm³/mol. The summed E-state index contributed by atoms with van der Waals surface area (Å²) in [6, 6.07) is 2.48. The van der Waals surface area contributed by atoms with E-state index in [2.05, 4.69) is 15.1 Å². The van der Waals surface area contributed by atoms with E-state index < -0.39 is 29.7 Å². The van der Waals surface area contributed by atoms with Gasteiger partial charge in [-0.1, -0.05) is 29.1 Å². The van der Waals surface area contributed by atoms with Gasteiger partial charge in [-0.15, -0.1) is 4.91 Å². The third-order valence-electron chi connectivity index (χ3n) is 2.69. The highest BCUT2D eigenvalue weighted by atomic mass is 32.2. The Morgan fingerprint density at radius 1 is 1.57 bits per heavy atom. The average molecular weight is 336 g/mol. The zero-order valence-corrected chi connectivity index (χ0v) is 13.2. The normalized spacial score (nSPS) is 15.0. The molecule has 0 aliphatic heterocycles. The van der Waals surface area contributed by atoms with Crippen LogP contribution in [0, 0.1) is 4.91 Å². The van der Waals surface area contributed by atoms with Crippen molar-refractivity contribution in [2.75, 3.05) is 20.2 Å².